The number of nitrogens with two attached hydrogens (primary N) is 1. The molecule has 0 spiro atoms. The van der Waals surface area contributed by atoms with Crippen LogP contribution in [0.3, 0.4) is 0 Å². The third-order valence-electron chi connectivity index (χ3n) is 2.81. The van der Waals surface area contributed by atoms with Crippen LogP contribution in [0.15, 0.2) is 24.5 Å². The molecule has 2 heterocycles. The molecule has 1 aliphatic rings. The molecule has 4 nitrogen and oxygen atoms in total. The van der Waals surface area contributed by atoms with Crippen LogP contribution in [0, 0.1) is 0 Å². The average molecular weight is 191 g/mol. The summed E-state index contributed by atoms with van der Waals surface area (Å²) >= 11 is 0. The van der Waals surface area contributed by atoms with Gasteiger partial charge in [0, 0.05) is 37.3 Å². The first kappa shape index (κ1) is 9.15. The van der Waals surface area contributed by atoms with Gasteiger partial charge in [-0.2, -0.15) is 0 Å². The van der Waals surface area contributed by atoms with E-state index in [1.165, 1.54) is 0 Å². The Morgan fingerprint density at radius 1 is 1.50 bits per heavy atom. The monoisotopic (exact) mass is 191 g/mol. The van der Waals surface area contributed by atoms with Gasteiger partial charge in [0.2, 0.25) is 5.91 Å². The second-order valence-electron chi connectivity index (χ2n) is 3.67. The molecular formula is C10H13N3O. The third kappa shape index (κ3) is 1.37. The van der Waals surface area contributed by atoms with Gasteiger partial charge < -0.3 is 11.1 Å². The van der Waals surface area contributed by atoms with Crippen LogP contribution in [-0.2, 0) is 10.2 Å². The van der Waals surface area contributed by atoms with E-state index in [4.69, 9.17) is 5.73 Å². The summed E-state index contributed by atoms with van der Waals surface area (Å²) in [5.41, 5.74) is 6.62. The summed E-state index contributed by atoms with van der Waals surface area (Å²) in [5, 5.41) is 2.82. The number of hydrogen-bond donors (Lipinski definition) is 2. The Labute approximate surface area is 82.5 Å². The third-order valence-corrected chi connectivity index (χ3v) is 2.81. The van der Waals surface area contributed by atoms with Crippen LogP contribution in [0.4, 0.5) is 0 Å². The Hall–Kier alpha value is -1.42. The van der Waals surface area contributed by atoms with Gasteiger partial charge in [-0.25, -0.2) is 0 Å². The summed E-state index contributed by atoms with van der Waals surface area (Å²) in [7, 11) is 0. The minimum absolute atomic E-state index is 0.0762. The number of amides is 1. The zero-order valence-corrected chi connectivity index (χ0v) is 7.86. The lowest BCUT2D eigenvalue weighted by Gasteiger charge is -2.25. The molecule has 1 saturated heterocycles. The lowest BCUT2D eigenvalue weighted by molar-refractivity contribution is -0.119. The molecule has 3 N–H and O–H groups in total. The molecule has 0 saturated carbocycles. The normalized spacial score (nSPS) is 26.2. The highest BCUT2D eigenvalue weighted by Gasteiger charge is 2.38. The molecule has 0 aliphatic carbocycles. The molecule has 1 unspecified atom stereocenters. The minimum Gasteiger partial charge on any atom is -0.355 e. The van der Waals surface area contributed by atoms with E-state index in [2.05, 4.69) is 10.3 Å². The van der Waals surface area contributed by atoms with Crippen molar-refractivity contribution in [3.8, 4) is 0 Å². The predicted molar refractivity (Wildman–Crippen MR) is 52.6 cm³/mol. The summed E-state index contributed by atoms with van der Waals surface area (Å²) in [6.07, 6.45) is 3.94. The lowest BCUT2D eigenvalue weighted by Crippen LogP contribution is -2.37. The molecule has 74 valence electrons. The Balaban J connectivity index is 2.34. The average Bonchev–Trinajstić information content (AvgIpc) is 2.63. The van der Waals surface area contributed by atoms with Crippen molar-refractivity contribution in [1.82, 2.24) is 10.3 Å². The highest BCUT2D eigenvalue weighted by Crippen LogP contribution is 2.29. The summed E-state index contributed by atoms with van der Waals surface area (Å²) in [6, 6.07) is 3.85. The minimum atomic E-state index is -0.222. The molecule has 0 bridgehead atoms. The van der Waals surface area contributed by atoms with E-state index in [0.717, 1.165) is 5.56 Å². The van der Waals surface area contributed by atoms with Gasteiger partial charge in [0.15, 0.2) is 0 Å². The fourth-order valence-electron chi connectivity index (χ4n) is 1.87. The van der Waals surface area contributed by atoms with Gasteiger partial charge in [0.25, 0.3) is 0 Å². The van der Waals surface area contributed by atoms with Gasteiger partial charge in [0.1, 0.15) is 0 Å². The van der Waals surface area contributed by atoms with Crippen LogP contribution in [0.25, 0.3) is 0 Å². The Bertz CT molecular complexity index is 338. The Kier molecular flexibility index (Phi) is 2.21. The maximum atomic E-state index is 11.2. The van der Waals surface area contributed by atoms with Gasteiger partial charge >= 0.3 is 0 Å². The van der Waals surface area contributed by atoms with E-state index in [-0.39, 0.29) is 11.3 Å². The number of rotatable bonds is 2. The van der Waals surface area contributed by atoms with E-state index in [0.29, 0.717) is 19.5 Å². The van der Waals surface area contributed by atoms with E-state index in [9.17, 15) is 4.79 Å². The highest BCUT2D eigenvalue weighted by atomic mass is 16.1. The van der Waals surface area contributed by atoms with E-state index >= 15 is 0 Å². The maximum Gasteiger partial charge on any atom is 0.221 e. The summed E-state index contributed by atoms with van der Waals surface area (Å²) < 4.78 is 0. The molecule has 1 fully saturated rings. The molecule has 1 amide bonds. The quantitative estimate of drug-likeness (QED) is 0.680. The molecule has 2 rings (SSSR count). The van der Waals surface area contributed by atoms with E-state index in [1.807, 2.05) is 12.1 Å². The Morgan fingerprint density at radius 3 is 2.71 bits per heavy atom. The predicted octanol–water partition coefficient (Wildman–Crippen LogP) is -0.202. The number of nitrogens with zero attached hydrogens (tertiary/aromatic N) is 1. The molecule has 0 radical (unpaired) electrons. The number of nitrogens with one attached hydrogen (secondary N) is 1. The number of hydrogen-bond acceptors (Lipinski definition) is 3. The second kappa shape index (κ2) is 3.38. The van der Waals surface area contributed by atoms with Gasteiger partial charge in [-0.15, -0.1) is 0 Å². The van der Waals surface area contributed by atoms with Crippen molar-refractivity contribution in [2.45, 2.75) is 11.8 Å². The molecule has 1 atom stereocenters. The highest BCUT2D eigenvalue weighted by molar-refractivity contribution is 5.80. The van der Waals surface area contributed by atoms with Crippen LogP contribution in [0.1, 0.15) is 12.0 Å². The first-order chi connectivity index (χ1) is 6.77. The zero-order chi connectivity index (χ0) is 10.0. The summed E-state index contributed by atoms with van der Waals surface area (Å²) in [6.45, 7) is 1.11. The van der Waals surface area contributed by atoms with E-state index < -0.39 is 0 Å². The van der Waals surface area contributed by atoms with Gasteiger partial charge in [0.05, 0.1) is 0 Å². The van der Waals surface area contributed by atoms with Gasteiger partial charge in [-0.3, -0.25) is 9.78 Å². The van der Waals surface area contributed by atoms with Crippen LogP contribution in [0.2, 0.25) is 0 Å². The number of carbonyl (C=O) groups is 1. The molecule has 1 aromatic rings. The van der Waals surface area contributed by atoms with Crippen molar-refractivity contribution in [1.29, 1.82) is 0 Å². The van der Waals surface area contributed by atoms with Crippen molar-refractivity contribution >= 4 is 5.91 Å². The smallest absolute Gasteiger partial charge is 0.221 e. The molecular weight excluding hydrogens is 178 g/mol. The lowest BCUT2D eigenvalue weighted by atomic mass is 9.80. The Morgan fingerprint density at radius 2 is 2.21 bits per heavy atom. The van der Waals surface area contributed by atoms with Crippen molar-refractivity contribution in [3.63, 3.8) is 0 Å². The van der Waals surface area contributed by atoms with Crippen LogP contribution in [0.5, 0.6) is 0 Å². The first-order valence-corrected chi connectivity index (χ1v) is 4.64. The second-order valence-corrected chi connectivity index (χ2v) is 3.67. The molecule has 14 heavy (non-hydrogen) atoms. The van der Waals surface area contributed by atoms with Crippen molar-refractivity contribution < 1.29 is 4.79 Å². The van der Waals surface area contributed by atoms with Crippen molar-refractivity contribution in [2.75, 3.05) is 13.1 Å². The summed E-state index contributed by atoms with van der Waals surface area (Å²) in [5.74, 6) is 0.0762. The molecule has 4 heteroatoms. The van der Waals surface area contributed by atoms with Crippen LogP contribution >= 0.6 is 0 Å². The van der Waals surface area contributed by atoms with E-state index in [1.54, 1.807) is 12.4 Å². The molecule has 1 aromatic heterocycles. The molecule has 1 aliphatic heterocycles. The van der Waals surface area contributed by atoms with Gasteiger partial charge in [-0.1, -0.05) is 0 Å². The molecule has 0 aromatic carbocycles. The number of aromatic nitrogens is 1. The van der Waals surface area contributed by atoms with Crippen LogP contribution in [-0.4, -0.2) is 24.0 Å². The van der Waals surface area contributed by atoms with Gasteiger partial charge in [-0.05, 0) is 17.7 Å². The first-order valence-electron chi connectivity index (χ1n) is 4.64. The fourth-order valence-corrected chi connectivity index (χ4v) is 1.87. The van der Waals surface area contributed by atoms with Crippen molar-refractivity contribution in [3.05, 3.63) is 30.1 Å². The maximum absolute atomic E-state index is 11.2. The van der Waals surface area contributed by atoms with Crippen LogP contribution < -0.4 is 11.1 Å². The topological polar surface area (TPSA) is 68.0 Å². The zero-order valence-electron chi connectivity index (χ0n) is 7.86. The number of carbonyl (C=O) groups excluding carboxylic acids is 1. The van der Waals surface area contributed by atoms with Crippen molar-refractivity contribution in [2.24, 2.45) is 5.73 Å². The number of pyridine rings is 1. The largest absolute Gasteiger partial charge is 0.355 e. The fraction of sp³-hybridized carbons (Fsp3) is 0.400. The SMILES string of the molecule is NCC1(c2ccncc2)CNC(=O)C1. The summed E-state index contributed by atoms with van der Waals surface area (Å²) in [4.78, 5) is 15.2. The standard InChI is InChI=1S/C10H13N3O/c11-6-10(5-9(14)13-7-10)8-1-3-12-4-2-8/h1-4H,5-7,11H2,(H,13,14).